The molecule has 1 aliphatic rings. The average molecular weight is 372 g/mol. The summed E-state index contributed by atoms with van der Waals surface area (Å²) in [4.78, 5) is 14.1. The lowest BCUT2D eigenvalue weighted by atomic mass is 10.1. The fraction of sp³-hybridized carbons (Fsp3) is 0.529. The summed E-state index contributed by atoms with van der Waals surface area (Å²) in [6, 6.07) is 3.53. The van der Waals surface area contributed by atoms with E-state index in [0.717, 1.165) is 31.5 Å². The summed E-state index contributed by atoms with van der Waals surface area (Å²) >= 11 is 0. The average Bonchev–Trinajstić information content (AvgIpc) is 2.61. The van der Waals surface area contributed by atoms with Crippen LogP contribution in [-0.2, 0) is 4.79 Å². The largest absolute Gasteiger partial charge is 0.493 e. The highest BCUT2D eigenvalue weighted by Gasteiger charge is 2.14. The van der Waals surface area contributed by atoms with Crippen LogP contribution in [0, 0.1) is 0 Å². The van der Waals surface area contributed by atoms with Gasteiger partial charge in [-0.1, -0.05) is 6.42 Å². The smallest absolute Gasteiger partial charge is 0.254 e. The summed E-state index contributed by atoms with van der Waals surface area (Å²) in [6.07, 6.45) is 5.11. The van der Waals surface area contributed by atoms with E-state index in [1.54, 1.807) is 39.7 Å². The molecule has 0 saturated carbocycles. The lowest BCUT2D eigenvalue weighted by Crippen LogP contribution is -2.38. The maximum atomic E-state index is 11.9. The fourth-order valence-electron chi connectivity index (χ4n) is 2.71. The number of hydrogen-bond donors (Lipinski definition) is 1. The second-order valence-corrected chi connectivity index (χ2v) is 5.59. The molecule has 0 bridgehead atoms. The minimum atomic E-state index is -0.111. The van der Waals surface area contributed by atoms with Gasteiger partial charge in [0.25, 0.3) is 5.91 Å². The van der Waals surface area contributed by atoms with Crippen molar-refractivity contribution in [1.82, 2.24) is 10.3 Å². The monoisotopic (exact) mass is 371 g/mol. The molecule has 25 heavy (non-hydrogen) atoms. The molecule has 1 amide bonds. The Labute approximate surface area is 154 Å². The predicted molar refractivity (Wildman–Crippen MR) is 99.4 cm³/mol. The molecule has 140 valence electrons. The van der Waals surface area contributed by atoms with Crippen LogP contribution in [0.4, 0.5) is 0 Å². The number of carbonyl (C=O) groups is 1. The molecule has 1 fully saturated rings. The minimum Gasteiger partial charge on any atom is -0.493 e. The Kier molecular flexibility index (Phi) is 9.08. The molecule has 1 saturated heterocycles. The van der Waals surface area contributed by atoms with Crippen molar-refractivity contribution >= 4 is 24.5 Å². The summed E-state index contributed by atoms with van der Waals surface area (Å²) in [5.74, 6) is 1.49. The standard InChI is InChI=1S/C17H25N3O4.ClH/c1-22-14-9-13(10-15(23-2)17(14)24-3)11-18-19-16(21)12-20-7-5-4-6-8-20;/h9-11H,4-8,12H2,1-3H3,(H,19,21);1H/b18-11+;. The molecule has 0 atom stereocenters. The van der Waals surface area contributed by atoms with E-state index in [9.17, 15) is 4.79 Å². The summed E-state index contributed by atoms with van der Waals surface area (Å²) in [5, 5.41) is 4.01. The Morgan fingerprint density at radius 1 is 1.12 bits per heavy atom. The molecule has 0 spiro atoms. The molecular weight excluding hydrogens is 346 g/mol. The third kappa shape index (κ3) is 6.10. The molecule has 1 N–H and O–H groups in total. The van der Waals surface area contributed by atoms with Crippen LogP contribution in [0.1, 0.15) is 24.8 Å². The molecule has 0 aliphatic carbocycles. The second-order valence-electron chi connectivity index (χ2n) is 5.59. The van der Waals surface area contributed by atoms with E-state index in [0.29, 0.717) is 23.8 Å². The number of amides is 1. The number of hydrogen-bond acceptors (Lipinski definition) is 6. The van der Waals surface area contributed by atoms with Crippen molar-refractivity contribution in [1.29, 1.82) is 0 Å². The lowest BCUT2D eigenvalue weighted by Gasteiger charge is -2.25. The SMILES string of the molecule is COc1cc(/C=N/NC(=O)CN2CCCCC2)cc(OC)c1OC.Cl. The molecule has 1 aromatic carbocycles. The van der Waals surface area contributed by atoms with Gasteiger partial charge in [0.1, 0.15) is 0 Å². The summed E-state index contributed by atoms with van der Waals surface area (Å²) in [7, 11) is 4.66. The van der Waals surface area contributed by atoms with E-state index >= 15 is 0 Å². The third-order valence-electron chi connectivity index (χ3n) is 3.91. The van der Waals surface area contributed by atoms with Crippen LogP contribution < -0.4 is 19.6 Å². The maximum absolute atomic E-state index is 11.9. The molecular formula is C17H26ClN3O4. The topological polar surface area (TPSA) is 72.4 Å². The first-order valence-corrected chi connectivity index (χ1v) is 8.02. The van der Waals surface area contributed by atoms with Crippen molar-refractivity contribution in [2.24, 2.45) is 5.10 Å². The number of nitrogens with zero attached hydrogens (tertiary/aromatic N) is 2. The fourth-order valence-corrected chi connectivity index (χ4v) is 2.71. The first-order chi connectivity index (χ1) is 11.7. The van der Waals surface area contributed by atoms with Gasteiger partial charge in [-0.05, 0) is 38.1 Å². The van der Waals surface area contributed by atoms with Crippen molar-refractivity contribution in [3.05, 3.63) is 17.7 Å². The lowest BCUT2D eigenvalue weighted by molar-refractivity contribution is -0.122. The Hall–Kier alpha value is -1.99. The number of halogens is 1. The van der Waals surface area contributed by atoms with E-state index in [4.69, 9.17) is 14.2 Å². The van der Waals surface area contributed by atoms with Crippen LogP contribution in [-0.4, -0.2) is 58.0 Å². The highest BCUT2D eigenvalue weighted by molar-refractivity contribution is 5.85. The zero-order chi connectivity index (χ0) is 17.4. The van der Waals surface area contributed by atoms with Gasteiger partial charge in [0.2, 0.25) is 5.75 Å². The van der Waals surface area contributed by atoms with Crippen LogP contribution >= 0.6 is 12.4 Å². The van der Waals surface area contributed by atoms with Gasteiger partial charge in [-0.15, -0.1) is 12.4 Å². The van der Waals surface area contributed by atoms with E-state index in [1.165, 1.54) is 6.42 Å². The van der Waals surface area contributed by atoms with Crippen LogP contribution in [0.2, 0.25) is 0 Å². The van der Waals surface area contributed by atoms with E-state index in [-0.39, 0.29) is 18.3 Å². The second kappa shape index (κ2) is 10.8. The van der Waals surface area contributed by atoms with Gasteiger partial charge in [-0.3, -0.25) is 9.69 Å². The predicted octanol–water partition coefficient (Wildman–Crippen LogP) is 2.07. The number of rotatable bonds is 7. The first-order valence-electron chi connectivity index (χ1n) is 8.02. The number of methoxy groups -OCH3 is 3. The summed E-state index contributed by atoms with van der Waals surface area (Å²) in [5.41, 5.74) is 3.30. The van der Waals surface area contributed by atoms with Crippen molar-refractivity contribution in [2.75, 3.05) is 41.0 Å². The Bertz CT molecular complexity index is 564. The quantitative estimate of drug-likeness (QED) is 0.586. The highest BCUT2D eigenvalue weighted by Crippen LogP contribution is 2.37. The zero-order valence-electron chi connectivity index (χ0n) is 14.9. The van der Waals surface area contributed by atoms with Crippen molar-refractivity contribution in [2.45, 2.75) is 19.3 Å². The van der Waals surface area contributed by atoms with Gasteiger partial charge in [0.15, 0.2) is 11.5 Å². The Morgan fingerprint density at radius 2 is 1.72 bits per heavy atom. The van der Waals surface area contributed by atoms with Crippen LogP contribution in [0.15, 0.2) is 17.2 Å². The van der Waals surface area contributed by atoms with Gasteiger partial charge in [-0.2, -0.15) is 5.10 Å². The number of ether oxygens (including phenoxy) is 3. The van der Waals surface area contributed by atoms with Crippen LogP contribution in [0.5, 0.6) is 17.2 Å². The van der Waals surface area contributed by atoms with E-state index in [1.807, 2.05) is 0 Å². The number of likely N-dealkylation sites (tertiary alicyclic amines) is 1. The molecule has 1 aromatic rings. The number of nitrogens with one attached hydrogen (secondary N) is 1. The molecule has 8 heteroatoms. The Morgan fingerprint density at radius 3 is 2.24 bits per heavy atom. The molecule has 1 aliphatic heterocycles. The third-order valence-corrected chi connectivity index (χ3v) is 3.91. The molecule has 0 radical (unpaired) electrons. The molecule has 7 nitrogen and oxygen atoms in total. The van der Waals surface area contributed by atoms with E-state index < -0.39 is 0 Å². The van der Waals surface area contributed by atoms with Crippen molar-refractivity contribution in [3.63, 3.8) is 0 Å². The normalized spacial score (nSPS) is 14.7. The zero-order valence-corrected chi connectivity index (χ0v) is 15.7. The van der Waals surface area contributed by atoms with Crippen LogP contribution in [0.3, 0.4) is 0 Å². The van der Waals surface area contributed by atoms with Crippen molar-refractivity contribution in [3.8, 4) is 17.2 Å². The molecule has 2 rings (SSSR count). The molecule has 1 heterocycles. The van der Waals surface area contributed by atoms with Crippen LogP contribution in [0.25, 0.3) is 0 Å². The van der Waals surface area contributed by atoms with Gasteiger partial charge in [-0.25, -0.2) is 5.43 Å². The number of carbonyl (C=O) groups excluding carboxylic acids is 1. The maximum Gasteiger partial charge on any atom is 0.254 e. The summed E-state index contributed by atoms with van der Waals surface area (Å²) in [6.45, 7) is 2.33. The Balaban J connectivity index is 0.00000312. The van der Waals surface area contributed by atoms with Gasteiger partial charge in [0.05, 0.1) is 34.1 Å². The van der Waals surface area contributed by atoms with Crippen molar-refractivity contribution < 1.29 is 19.0 Å². The first kappa shape index (κ1) is 21.1. The van der Waals surface area contributed by atoms with E-state index in [2.05, 4.69) is 15.4 Å². The van der Waals surface area contributed by atoms with Gasteiger partial charge < -0.3 is 14.2 Å². The minimum absolute atomic E-state index is 0. The highest BCUT2D eigenvalue weighted by atomic mass is 35.5. The number of benzene rings is 1. The number of hydrazone groups is 1. The molecule has 0 aromatic heterocycles. The van der Waals surface area contributed by atoms with Gasteiger partial charge >= 0.3 is 0 Å². The van der Waals surface area contributed by atoms with Gasteiger partial charge in [0, 0.05) is 5.56 Å². The summed E-state index contributed by atoms with van der Waals surface area (Å²) < 4.78 is 15.8. The molecule has 0 unspecified atom stereocenters. The number of piperidine rings is 1.